The Balaban J connectivity index is 1.54. The van der Waals surface area contributed by atoms with E-state index < -0.39 is 0 Å². The van der Waals surface area contributed by atoms with E-state index in [-0.39, 0.29) is 0 Å². The molecule has 19 heavy (non-hydrogen) atoms. The smallest absolute Gasteiger partial charge is 0.205 e. The number of piperidine rings is 1. The van der Waals surface area contributed by atoms with E-state index in [1.54, 1.807) is 11.3 Å². The summed E-state index contributed by atoms with van der Waals surface area (Å²) in [7, 11) is 0. The van der Waals surface area contributed by atoms with Gasteiger partial charge in [-0.15, -0.1) is 10.2 Å². The van der Waals surface area contributed by atoms with Gasteiger partial charge in [0.2, 0.25) is 5.13 Å². The maximum Gasteiger partial charge on any atom is 0.205 e. The Morgan fingerprint density at radius 2 is 2.05 bits per heavy atom. The zero-order valence-corrected chi connectivity index (χ0v) is 12.6. The third-order valence-electron chi connectivity index (χ3n) is 4.53. The Labute approximate surface area is 119 Å². The molecule has 1 N–H and O–H groups in total. The number of nitrogens with one attached hydrogen (secondary N) is 1. The second kappa shape index (κ2) is 6.18. The van der Waals surface area contributed by atoms with E-state index >= 15 is 0 Å². The van der Waals surface area contributed by atoms with Crippen LogP contribution in [0.1, 0.15) is 44.0 Å². The van der Waals surface area contributed by atoms with Crippen LogP contribution in [0.2, 0.25) is 0 Å². The van der Waals surface area contributed by atoms with Crippen molar-refractivity contribution in [2.45, 2.75) is 45.6 Å². The third kappa shape index (κ3) is 3.26. The number of rotatable bonds is 4. The van der Waals surface area contributed by atoms with E-state index in [2.05, 4.69) is 27.3 Å². The first-order valence-corrected chi connectivity index (χ1v) is 8.45. The lowest BCUT2D eigenvalue weighted by Crippen LogP contribution is -2.41. The molecule has 4 nitrogen and oxygen atoms in total. The normalized spacial score (nSPS) is 28.1. The molecule has 2 heterocycles. The van der Waals surface area contributed by atoms with Gasteiger partial charge in [0.15, 0.2) is 0 Å². The Kier molecular flexibility index (Phi) is 4.33. The van der Waals surface area contributed by atoms with Crippen molar-refractivity contribution in [3.8, 4) is 0 Å². The highest BCUT2D eigenvalue weighted by molar-refractivity contribution is 7.15. The first kappa shape index (κ1) is 13.3. The Morgan fingerprint density at radius 1 is 1.21 bits per heavy atom. The molecule has 0 aromatic carbocycles. The van der Waals surface area contributed by atoms with Gasteiger partial charge in [0.05, 0.1) is 6.54 Å². The van der Waals surface area contributed by atoms with Gasteiger partial charge in [-0.2, -0.15) is 0 Å². The molecule has 2 atom stereocenters. The van der Waals surface area contributed by atoms with E-state index in [4.69, 9.17) is 0 Å². The minimum Gasteiger partial charge on any atom is -0.360 e. The molecule has 1 aliphatic heterocycles. The molecule has 1 saturated heterocycles. The Bertz CT molecular complexity index is 406. The molecule has 0 bridgehead atoms. The van der Waals surface area contributed by atoms with E-state index in [9.17, 15) is 0 Å². The zero-order valence-electron chi connectivity index (χ0n) is 11.8. The fourth-order valence-electron chi connectivity index (χ4n) is 3.55. The van der Waals surface area contributed by atoms with E-state index in [0.29, 0.717) is 0 Å². The summed E-state index contributed by atoms with van der Waals surface area (Å²) in [5.74, 6) is 1.96. The van der Waals surface area contributed by atoms with Crippen LogP contribution in [0.15, 0.2) is 0 Å². The number of nitrogens with zero attached hydrogens (tertiary/aromatic N) is 3. The molecule has 2 aliphatic rings. The molecule has 2 unspecified atom stereocenters. The Morgan fingerprint density at radius 3 is 2.89 bits per heavy atom. The van der Waals surface area contributed by atoms with Crippen LogP contribution in [0.3, 0.4) is 0 Å². The summed E-state index contributed by atoms with van der Waals surface area (Å²) in [6.45, 7) is 6.53. The molecule has 0 spiro atoms. The fourth-order valence-corrected chi connectivity index (χ4v) is 4.40. The number of fused-ring (bicyclic) bond motifs is 1. The summed E-state index contributed by atoms with van der Waals surface area (Å²) in [4.78, 5) is 2.59. The van der Waals surface area contributed by atoms with Crippen LogP contribution in [0.25, 0.3) is 0 Å². The second-order valence-electron chi connectivity index (χ2n) is 5.86. The number of hydrogen-bond donors (Lipinski definition) is 1. The van der Waals surface area contributed by atoms with Crippen molar-refractivity contribution in [2.24, 2.45) is 11.8 Å². The molecule has 0 radical (unpaired) electrons. The predicted molar refractivity (Wildman–Crippen MR) is 79.4 cm³/mol. The van der Waals surface area contributed by atoms with Gasteiger partial charge in [-0.25, -0.2) is 0 Å². The lowest BCUT2D eigenvalue weighted by molar-refractivity contribution is 0.0819. The van der Waals surface area contributed by atoms with E-state index in [1.165, 1.54) is 45.2 Å². The molecule has 106 valence electrons. The average Bonchev–Trinajstić information content (AvgIpc) is 2.86. The monoisotopic (exact) mass is 280 g/mol. The largest absolute Gasteiger partial charge is 0.360 e. The second-order valence-corrected chi connectivity index (χ2v) is 6.92. The van der Waals surface area contributed by atoms with Crippen molar-refractivity contribution < 1.29 is 0 Å². The van der Waals surface area contributed by atoms with Crippen LogP contribution >= 0.6 is 11.3 Å². The van der Waals surface area contributed by atoms with E-state index in [0.717, 1.165) is 35.1 Å². The minimum atomic E-state index is 0.919. The quantitative estimate of drug-likeness (QED) is 0.920. The SMILES string of the molecule is CCNc1nnc(CN2CCC3CCCCC3C2)s1. The predicted octanol–water partition coefficient (Wildman–Crippen LogP) is 2.98. The van der Waals surface area contributed by atoms with Crippen molar-refractivity contribution in [1.29, 1.82) is 0 Å². The van der Waals surface area contributed by atoms with Crippen LogP contribution in [0.4, 0.5) is 5.13 Å². The molecule has 1 saturated carbocycles. The summed E-state index contributed by atoms with van der Waals surface area (Å²) >= 11 is 1.71. The average molecular weight is 280 g/mol. The first-order chi connectivity index (χ1) is 9.35. The maximum atomic E-state index is 4.30. The lowest BCUT2D eigenvalue weighted by Gasteiger charge is -2.41. The standard InChI is InChI=1S/C14H24N4S/c1-2-15-14-17-16-13(19-14)10-18-8-7-11-5-3-4-6-12(11)9-18/h11-12H,2-10H2,1H3,(H,15,17). The van der Waals surface area contributed by atoms with Crippen LogP contribution in [-0.4, -0.2) is 34.7 Å². The number of anilines is 1. The highest BCUT2D eigenvalue weighted by Gasteiger charge is 2.31. The number of aromatic nitrogens is 2. The zero-order chi connectivity index (χ0) is 13.1. The van der Waals surface area contributed by atoms with Gasteiger partial charge in [0, 0.05) is 13.1 Å². The molecule has 1 aromatic heterocycles. The van der Waals surface area contributed by atoms with Gasteiger partial charge in [-0.3, -0.25) is 4.90 Å². The summed E-state index contributed by atoms with van der Waals surface area (Å²) in [5, 5.41) is 13.8. The number of likely N-dealkylation sites (tertiary alicyclic amines) is 1. The molecule has 1 aliphatic carbocycles. The maximum absolute atomic E-state index is 4.30. The third-order valence-corrected chi connectivity index (χ3v) is 5.39. The topological polar surface area (TPSA) is 41.1 Å². The molecular formula is C14H24N4S. The highest BCUT2D eigenvalue weighted by atomic mass is 32.1. The van der Waals surface area contributed by atoms with Gasteiger partial charge in [-0.1, -0.05) is 30.6 Å². The Hall–Kier alpha value is -0.680. The molecule has 5 heteroatoms. The molecule has 0 amide bonds. The molecular weight excluding hydrogens is 256 g/mol. The summed E-state index contributed by atoms with van der Waals surface area (Å²) in [6.07, 6.45) is 7.22. The van der Waals surface area contributed by atoms with Crippen LogP contribution in [-0.2, 0) is 6.54 Å². The van der Waals surface area contributed by atoms with Crippen LogP contribution < -0.4 is 5.32 Å². The molecule has 3 rings (SSSR count). The van der Waals surface area contributed by atoms with Crippen molar-refractivity contribution in [3.05, 3.63) is 5.01 Å². The van der Waals surface area contributed by atoms with Crippen molar-refractivity contribution in [2.75, 3.05) is 25.0 Å². The molecule has 1 aromatic rings. The summed E-state index contributed by atoms with van der Waals surface area (Å²) in [6, 6.07) is 0. The van der Waals surface area contributed by atoms with Gasteiger partial charge in [0.25, 0.3) is 0 Å². The van der Waals surface area contributed by atoms with Crippen molar-refractivity contribution in [3.63, 3.8) is 0 Å². The lowest BCUT2D eigenvalue weighted by atomic mass is 9.75. The summed E-state index contributed by atoms with van der Waals surface area (Å²) in [5.41, 5.74) is 0. The number of hydrogen-bond acceptors (Lipinski definition) is 5. The van der Waals surface area contributed by atoms with Crippen LogP contribution in [0.5, 0.6) is 0 Å². The van der Waals surface area contributed by atoms with Crippen LogP contribution in [0, 0.1) is 11.8 Å². The van der Waals surface area contributed by atoms with Crippen molar-refractivity contribution >= 4 is 16.5 Å². The van der Waals surface area contributed by atoms with Gasteiger partial charge < -0.3 is 5.32 Å². The van der Waals surface area contributed by atoms with E-state index in [1.807, 2.05) is 0 Å². The first-order valence-electron chi connectivity index (χ1n) is 7.63. The minimum absolute atomic E-state index is 0.919. The van der Waals surface area contributed by atoms with Gasteiger partial charge in [0.1, 0.15) is 5.01 Å². The molecule has 2 fully saturated rings. The highest BCUT2D eigenvalue weighted by Crippen LogP contribution is 2.36. The van der Waals surface area contributed by atoms with Gasteiger partial charge >= 0.3 is 0 Å². The fraction of sp³-hybridized carbons (Fsp3) is 0.857. The van der Waals surface area contributed by atoms with Gasteiger partial charge in [-0.05, 0) is 38.1 Å². The van der Waals surface area contributed by atoms with Crippen molar-refractivity contribution in [1.82, 2.24) is 15.1 Å². The summed E-state index contributed by atoms with van der Waals surface area (Å²) < 4.78 is 0.